The number of anilines is 3. The number of hydrogen-bond acceptors (Lipinski definition) is 8. The van der Waals surface area contributed by atoms with Crippen molar-refractivity contribution in [1.29, 1.82) is 0 Å². The number of hydrogen-bond donors (Lipinski definition) is 2. The van der Waals surface area contributed by atoms with Crippen molar-refractivity contribution in [2.75, 3.05) is 41.9 Å². The van der Waals surface area contributed by atoms with Gasteiger partial charge in [0.05, 0.1) is 0 Å². The average Bonchev–Trinajstić information content (AvgIpc) is 2.95. The van der Waals surface area contributed by atoms with Gasteiger partial charge in [-0.15, -0.1) is 0 Å². The number of nitrogens with one attached hydrogen (secondary N) is 2. The Labute approximate surface area is 291 Å². The summed E-state index contributed by atoms with van der Waals surface area (Å²) in [4.78, 5) is 23.2. The molecule has 1 aromatic rings. The molecular formula is C39H76N8. The van der Waals surface area contributed by atoms with Crippen LogP contribution in [0.3, 0.4) is 0 Å². The fourth-order valence-corrected chi connectivity index (χ4v) is 8.69. The fourth-order valence-electron chi connectivity index (χ4n) is 8.69. The third-order valence-corrected chi connectivity index (χ3v) is 10.5. The molecule has 3 heterocycles. The van der Waals surface area contributed by atoms with Crippen LogP contribution in [0, 0.1) is 0 Å². The molecule has 0 aliphatic carbocycles. The molecule has 1 aromatic heterocycles. The molecule has 2 saturated heterocycles. The summed E-state index contributed by atoms with van der Waals surface area (Å²) in [6, 6.07) is 0.689. The van der Waals surface area contributed by atoms with E-state index in [9.17, 15) is 0 Å². The van der Waals surface area contributed by atoms with Crippen LogP contribution in [-0.4, -0.2) is 76.4 Å². The standard InChI is InChI=1S/C39H76N8/c1-13-15-17-19-21-23-25-47(26-24-22-20-18-16-14-2)35-41-33(45(11)31-27-36(3,4)43-37(5,6)28-31)40-34(42-35)46(12)32-29-38(7,8)44-39(9,10)30-32/h31-32,43-44H,13-30H2,1-12H3. The van der Waals surface area contributed by atoms with Gasteiger partial charge in [0.25, 0.3) is 0 Å². The molecular weight excluding hydrogens is 580 g/mol. The maximum atomic E-state index is 5.32. The van der Waals surface area contributed by atoms with E-state index in [4.69, 9.17) is 15.0 Å². The normalized spacial score (nSPS) is 20.7. The van der Waals surface area contributed by atoms with Crippen LogP contribution in [0.15, 0.2) is 0 Å². The van der Waals surface area contributed by atoms with E-state index in [1.807, 2.05) is 0 Å². The van der Waals surface area contributed by atoms with Crippen molar-refractivity contribution in [2.45, 2.75) is 206 Å². The predicted octanol–water partition coefficient (Wildman–Crippen LogP) is 8.89. The highest BCUT2D eigenvalue weighted by Crippen LogP contribution is 2.35. The van der Waals surface area contributed by atoms with E-state index >= 15 is 0 Å². The van der Waals surface area contributed by atoms with Gasteiger partial charge in [0.15, 0.2) is 0 Å². The van der Waals surface area contributed by atoms with Crippen LogP contribution in [0.1, 0.15) is 172 Å². The molecule has 2 aliphatic rings. The molecule has 0 aromatic carbocycles. The van der Waals surface area contributed by atoms with E-state index < -0.39 is 0 Å². The SMILES string of the molecule is CCCCCCCCN(CCCCCCCC)c1nc(N(C)C2CC(C)(C)NC(C)(C)C2)nc(N(C)C2CC(C)(C)NC(C)(C)C2)n1. The van der Waals surface area contributed by atoms with Crippen LogP contribution in [0.4, 0.5) is 17.8 Å². The van der Waals surface area contributed by atoms with Crippen LogP contribution >= 0.6 is 0 Å². The second-order valence-corrected chi connectivity index (χ2v) is 17.9. The molecule has 272 valence electrons. The highest BCUT2D eigenvalue weighted by atomic mass is 15.4. The molecule has 47 heavy (non-hydrogen) atoms. The zero-order chi connectivity index (χ0) is 34.9. The van der Waals surface area contributed by atoms with Crippen LogP contribution in [0.2, 0.25) is 0 Å². The Morgan fingerprint density at radius 2 is 0.787 bits per heavy atom. The van der Waals surface area contributed by atoms with Crippen molar-refractivity contribution in [3.05, 3.63) is 0 Å². The Morgan fingerprint density at radius 1 is 0.489 bits per heavy atom. The summed E-state index contributed by atoms with van der Waals surface area (Å²) < 4.78 is 0. The molecule has 0 saturated carbocycles. The van der Waals surface area contributed by atoms with Crippen LogP contribution < -0.4 is 25.3 Å². The van der Waals surface area contributed by atoms with Crippen molar-refractivity contribution >= 4 is 17.8 Å². The monoisotopic (exact) mass is 657 g/mol. The van der Waals surface area contributed by atoms with E-state index in [1.54, 1.807) is 0 Å². The van der Waals surface area contributed by atoms with Crippen LogP contribution in [-0.2, 0) is 0 Å². The number of piperidine rings is 2. The summed E-state index contributed by atoms with van der Waals surface area (Å²) >= 11 is 0. The summed E-state index contributed by atoms with van der Waals surface area (Å²) in [5.74, 6) is 2.50. The molecule has 2 fully saturated rings. The molecule has 0 bridgehead atoms. The second kappa shape index (κ2) is 17.3. The molecule has 2 N–H and O–H groups in total. The van der Waals surface area contributed by atoms with Crippen molar-refractivity contribution in [1.82, 2.24) is 25.6 Å². The Morgan fingerprint density at radius 3 is 1.13 bits per heavy atom. The number of rotatable bonds is 19. The number of unbranched alkanes of at least 4 members (excludes halogenated alkanes) is 10. The predicted molar refractivity (Wildman–Crippen MR) is 204 cm³/mol. The minimum Gasteiger partial charge on any atom is -0.341 e. The van der Waals surface area contributed by atoms with Crippen molar-refractivity contribution in [3.63, 3.8) is 0 Å². The van der Waals surface area contributed by atoms with Gasteiger partial charge in [0.1, 0.15) is 0 Å². The largest absolute Gasteiger partial charge is 0.341 e. The molecule has 3 rings (SSSR count). The number of aromatic nitrogens is 3. The highest BCUT2D eigenvalue weighted by Gasteiger charge is 2.42. The zero-order valence-electron chi connectivity index (χ0n) is 33.1. The van der Waals surface area contributed by atoms with E-state index in [-0.39, 0.29) is 22.2 Å². The van der Waals surface area contributed by atoms with Gasteiger partial charge in [-0.3, -0.25) is 0 Å². The van der Waals surface area contributed by atoms with Gasteiger partial charge in [0, 0.05) is 61.4 Å². The molecule has 0 atom stereocenters. The number of nitrogens with zero attached hydrogens (tertiary/aromatic N) is 6. The van der Waals surface area contributed by atoms with Crippen molar-refractivity contribution < 1.29 is 0 Å². The van der Waals surface area contributed by atoms with E-state index in [2.05, 4.69) is 109 Å². The van der Waals surface area contributed by atoms with Crippen LogP contribution in [0.25, 0.3) is 0 Å². The topological polar surface area (TPSA) is 72.5 Å². The van der Waals surface area contributed by atoms with Gasteiger partial charge in [-0.2, -0.15) is 15.0 Å². The summed E-state index contributed by atoms with van der Waals surface area (Å²) in [7, 11) is 4.43. The first-order valence-corrected chi connectivity index (χ1v) is 19.5. The van der Waals surface area contributed by atoms with E-state index in [0.29, 0.717) is 12.1 Å². The minimum absolute atomic E-state index is 0.0456. The molecule has 0 radical (unpaired) electrons. The highest BCUT2D eigenvalue weighted by molar-refractivity contribution is 5.47. The lowest BCUT2D eigenvalue weighted by atomic mass is 9.79. The molecule has 8 heteroatoms. The van der Waals surface area contributed by atoms with Gasteiger partial charge < -0.3 is 25.3 Å². The molecule has 0 unspecified atom stereocenters. The maximum absolute atomic E-state index is 5.32. The first-order valence-electron chi connectivity index (χ1n) is 19.5. The van der Waals surface area contributed by atoms with Crippen LogP contribution in [0.5, 0.6) is 0 Å². The third kappa shape index (κ3) is 12.9. The molecule has 0 spiro atoms. The van der Waals surface area contributed by atoms with Gasteiger partial charge in [-0.25, -0.2) is 0 Å². The summed E-state index contributed by atoms with van der Waals surface area (Å²) in [5, 5.41) is 7.73. The summed E-state index contributed by atoms with van der Waals surface area (Å²) in [5.41, 5.74) is 0.183. The third-order valence-electron chi connectivity index (χ3n) is 10.5. The maximum Gasteiger partial charge on any atom is 0.231 e. The lowest BCUT2D eigenvalue weighted by Crippen LogP contribution is -2.62. The first-order chi connectivity index (χ1) is 22.0. The molecule has 0 amide bonds. The Bertz CT molecular complexity index is 957. The van der Waals surface area contributed by atoms with Gasteiger partial charge in [0.2, 0.25) is 17.8 Å². The fraction of sp³-hybridized carbons (Fsp3) is 0.923. The Balaban J connectivity index is 1.96. The zero-order valence-corrected chi connectivity index (χ0v) is 33.1. The van der Waals surface area contributed by atoms with E-state index in [0.717, 1.165) is 56.6 Å². The molecule has 2 aliphatic heterocycles. The first kappa shape index (κ1) is 39.8. The molecule has 8 nitrogen and oxygen atoms in total. The summed E-state index contributed by atoms with van der Waals surface area (Å²) in [6.07, 6.45) is 19.7. The van der Waals surface area contributed by atoms with Gasteiger partial charge >= 0.3 is 0 Å². The van der Waals surface area contributed by atoms with Gasteiger partial charge in [-0.1, -0.05) is 78.1 Å². The smallest absolute Gasteiger partial charge is 0.231 e. The second-order valence-electron chi connectivity index (χ2n) is 17.9. The Kier molecular flexibility index (Phi) is 14.7. The van der Waals surface area contributed by atoms with E-state index in [1.165, 1.54) is 77.0 Å². The van der Waals surface area contributed by atoms with Gasteiger partial charge in [-0.05, 0) is 93.9 Å². The van der Waals surface area contributed by atoms with Crippen molar-refractivity contribution in [3.8, 4) is 0 Å². The lowest BCUT2D eigenvalue weighted by Gasteiger charge is -2.49. The summed E-state index contributed by atoms with van der Waals surface area (Å²) in [6.45, 7) is 25.3. The lowest BCUT2D eigenvalue weighted by molar-refractivity contribution is 0.160. The quantitative estimate of drug-likeness (QED) is 0.143. The average molecular weight is 657 g/mol. The van der Waals surface area contributed by atoms with Crippen molar-refractivity contribution in [2.24, 2.45) is 0 Å². The minimum atomic E-state index is 0.0456. The Hall–Kier alpha value is -1.67.